The minimum absolute atomic E-state index is 0.0619. The maximum atomic E-state index is 11.8. The molecule has 1 N–H and O–H groups in total. The van der Waals surface area contributed by atoms with Gasteiger partial charge in [-0.15, -0.1) is 0 Å². The predicted molar refractivity (Wildman–Crippen MR) is 55.3 cm³/mol. The number of aromatic nitrogens is 3. The number of rotatable bonds is 0. The highest BCUT2D eigenvalue weighted by atomic mass is 16.1. The molecule has 4 heteroatoms. The molecule has 0 unspecified atom stereocenters. The summed E-state index contributed by atoms with van der Waals surface area (Å²) in [6.07, 6.45) is 1.63. The van der Waals surface area contributed by atoms with Gasteiger partial charge in [-0.3, -0.25) is 9.89 Å². The molecule has 0 saturated heterocycles. The zero-order chi connectivity index (χ0) is 10.3. The molecular formula is C10H13N3O. The Labute approximate surface area is 81.6 Å². The van der Waals surface area contributed by atoms with Crippen molar-refractivity contribution in [1.29, 1.82) is 0 Å². The summed E-state index contributed by atoms with van der Waals surface area (Å²) in [6.45, 7) is 5.93. The van der Waals surface area contributed by atoms with Crippen LogP contribution < -0.4 is 5.56 Å². The van der Waals surface area contributed by atoms with Gasteiger partial charge in [0.1, 0.15) is 0 Å². The third-order valence-electron chi connectivity index (χ3n) is 2.12. The molecule has 0 fully saturated rings. The number of pyridine rings is 1. The number of fused-ring (bicyclic) bond motifs is 1. The molecule has 0 aliphatic heterocycles. The van der Waals surface area contributed by atoms with Gasteiger partial charge in [-0.1, -0.05) is 0 Å². The first kappa shape index (κ1) is 8.99. The standard InChI is InChI=1S/C10H13N3O/c1-10(2,3)13-9(14)8-7(12-13)5-4-6-11-8/h4-6,12H,1-3H3. The first-order valence-electron chi connectivity index (χ1n) is 4.56. The van der Waals surface area contributed by atoms with Crippen molar-refractivity contribution >= 4 is 11.0 Å². The second-order valence-corrected chi connectivity index (χ2v) is 4.32. The Hall–Kier alpha value is -1.58. The summed E-state index contributed by atoms with van der Waals surface area (Å²) in [5.74, 6) is 0. The van der Waals surface area contributed by atoms with Crippen LogP contribution in [0.2, 0.25) is 0 Å². The maximum absolute atomic E-state index is 11.8. The van der Waals surface area contributed by atoms with E-state index in [0.29, 0.717) is 5.52 Å². The minimum Gasteiger partial charge on any atom is -0.293 e. The molecule has 0 amide bonds. The Kier molecular flexibility index (Phi) is 1.74. The highest BCUT2D eigenvalue weighted by molar-refractivity contribution is 5.72. The molecule has 14 heavy (non-hydrogen) atoms. The van der Waals surface area contributed by atoms with Crippen LogP contribution in [0, 0.1) is 0 Å². The molecule has 0 spiro atoms. The van der Waals surface area contributed by atoms with Crippen molar-refractivity contribution in [2.75, 3.05) is 0 Å². The molecule has 2 heterocycles. The zero-order valence-corrected chi connectivity index (χ0v) is 8.53. The van der Waals surface area contributed by atoms with Crippen LogP contribution in [0.15, 0.2) is 23.1 Å². The van der Waals surface area contributed by atoms with E-state index in [1.54, 1.807) is 10.9 Å². The number of aromatic amines is 1. The summed E-state index contributed by atoms with van der Waals surface area (Å²) in [4.78, 5) is 15.9. The normalized spacial score (nSPS) is 12.2. The molecule has 4 nitrogen and oxygen atoms in total. The Balaban J connectivity index is 2.82. The van der Waals surface area contributed by atoms with E-state index in [1.165, 1.54) is 0 Å². The number of H-pyrrole nitrogens is 1. The van der Waals surface area contributed by atoms with Crippen molar-refractivity contribution in [3.63, 3.8) is 0 Å². The van der Waals surface area contributed by atoms with Gasteiger partial charge in [0, 0.05) is 6.20 Å². The van der Waals surface area contributed by atoms with Gasteiger partial charge in [0.05, 0.1) is 11.1 Å². The molecule has 0 aliphatic rings. The topological polar surface area (TPSA) is 50.7 Å². The number of nitrogens with one attached hydrogen (secondary N) is 1. The lowest BCUT2D eigenvalue weighted by atomic mass is 10.1. The van der Waals surface area contributed by atoms with Crippen molar-refractivity contribution in [1.82, 2.24) is 14.8 Å². The maximum Gasteiger partial charge on any atom is 0.293 e. The molecule has 74 valence electrons. The van der Waals surface area contributed by atoms with Crippen LogP contribution >= 0.6 is 0 Å². The fraction of sp³-hybridized carbons (Fsp3) is 0.400. The van der Waals surface area contributed by atoms with Crippen LogP contribution in [0.1, 0.15) is 20.8 Å². The highest BCUT2D eigenvalue weighted by Crippen LogP contribution is 2.12. The van der Waals surface area contributed by atoms with E-state index < -0.39 is 0 Å². The van der Waals surface area contributed by atoms with Gasteiger partial charge >= 0.3 is 0 Å². The van der Waals surface area contributed by atoms with Crippen molar-refractivity contribution < 1.29 is 0 Å². The van der Waals surface area contributed by atoms with Crippen LogP contribution in [0.4, 0.5) is 0 Å². The average Bonchev–Trinajstić information content (AvgIpc) is 2.44. The highest BCUT2D eigenvalue weighted by Gasteiger charge is 2.18. The summed E-state index contributed by atoms with van der Waals surface area (Å²) < 4.78 is 1.60. The minimum atomic E-state index is -0.238. The lowest BCUT2D eigenvalue weighted by Gasteiger charge is -2.18. The number of hydrogen-bond acceptors (Lipinski definition) is 2. The molecule has 0 radical (unpaired) electrons. The van der Waals surface area contributed by atoms with Gasteiger partial charge in [-0.25, -0.2) is 9.67 Å². The number of hydrogen-bond donors (Lipinski definition) is 1. The third-order valence-corrected chi connectivity index (χ3v) is 2.12. The van der Waals surface area contributed by atoms with Crippen LogP contribution in [0.5, 0.6) is 0 Å². The van der Waals surface area contributed by atoms with Crippen molar-refractivity contribution in [2.24, 2.45) is 0 Å². The van der Waals surface area contributed by atoms with E-state index in [2.05, 4.69) is 10.1 Å². The summed E-state index contributed by atoms with van der Waals surface area (Å²) in [7, 11) is 0. The molecular weight excluding hydrogens is 178 g/mol. The smallest absolute Gasteiger partial charge is 0.293 e. The number of nitrogens with zero attached hydrogens (tertiary/aromatic N) is 2. The molecule has 2 aromatic heterocycles. The lowest BCUT2D eigenvalue weighted by molar-refractivity contribution is 0.348. The van der Waals surface area contributed by atoms with Gasteiger partial charge in [-0.05, 0) is 32.9 Å². The second-order valence-electron chi connectivity index (χ2n) is 4.32. The Morgan fingerprint density at radius 1 is 1.43 bits per heavy atom. The molecule has 2 rings (SSSR count). The van der Waals surface area contributed by atoms with Crippen LogP contribution in [-0.4, -0.2) is 14.8 Å². The van der Waals surface area contributed by atoms with Crippen LogP contribution in [-0.2, 0) is 5.54 Å². The largest absolute Gasteiger partial charge is 0.293 e. The van der Waals surface area contributed by atoms with Crippen molar-refractivity contribution in [3.8, 4) is 0 Å². The molecule has 0 saturated carbocycles. The van der Waals surface area contributed by atoms with E-state index in [4.69, 9.17) is 0 Å². The predicted octanol–water partition coefficient (Wildman–Crippen LogP) is 1.48. The van der Waals surface area contributed by atoms with Gasteiger partial charge in [0.2, 0.25) is 0 Å². The first-order chi connectivity index (χ1) is 6.50. The summed E-state index contributed by atoms with van der Waals surface area (Å²) in [5.41, 5.74) is 0.987. The van der Waals surface area contributed by atoms with Gasteiger partial charge in [-0.2, -0.15) is 0 Å². The van der Waals surface area contributed by atoms with Crippen molar-refractivity contribution in [3.05, 3.63) is 28.7 Å². The first-order valence-corrected chi connectivity index (χ1v) is 4.56. The molecule has 0 atom stereocenters. The van der Waals surface area contributed by atoms with Crippen molar-refractivity contribution in [2.45, 2.75) is 26.3 Å². The molecule has 2 aromatic rings. The SMILES string of the molecule is CC(C)(C)n1[nH]c2cccnc2c1=O. The van der Waals surface area contributed by atoms with E-state index in [0.717, 1.165) is 5.52 Å². The fourth-order valence-corrected chi connectivity index (χ4v) is 1.42. The van der Waals surface area contributed by atoms with E-state index in [9.17, 15) is 4.79 Å². The summed E-state index contributed by atoms with van der Waals surface area (Å²) >= 11 is 0. The van der Waals surface area contributed by atoms with Crippen LogP contribution in [0.25, 0.3) is 11.0 Å². The van der Waals surface area contributed by atoms with Gasteiger partial charge in [0.25, 0.3) is 5.56 Å². The fourth-order valence-electron chi connectivity index (χ4n) is 1.42. The summed E-state index contributed by atoms with van der Waals surface area (Å²) in [6, 6.07) is 3.66. The van der Waals surface area contributed by atoms with Gasteiger partial charge in [0.15, 0.2) is 5.52 Å². The Morgan fingerprint density at radius 2 is 2.14 bits per heavy atom. The monoisotopic (exact) mass is 191 g/mol. The van der Waals surface area contributed by atoms with Gasteiger partial charge < -0.3 is 0 Å². The molecule has 0 bridgehead atoms. The van der Waals surface area contributed by atoms with E-state index >= 15 is 0 Å². The zero-order valence-electron chi connectivity index (χ0n) is 8.53. The van der Waals surface area contributed by atoms with Crippen LogP contribution in [0.3, 0.4) is 0 Å². The third kappa shape index (κ3) is 1.23. The summed E-state index contributed by atoms with van der Waals surface area (Å²) in [5, 5.41) is 3.05. The second kappa shape index (κ2) is 2.70. The quantitative estimate of drug-likeness (QED) is 0.685. The lowest BCUT2D eigenvalue weighted by Crippen LogP contribution is -2.32. The molecule has 0 aromatic carbocycles. The van der Waals surface area contributed by atoms with E-state index in [1.807, 2.05) is 32.9 Å². The Morgan fingerprint density at radius 3 is 2.71 bits per heavy atom. The Bertz CT molecular complexity index is 516. The molecule has 0 aliphatic carbocycles. The van der Waals surface area contributed by atoms with E-state index in [-0.39, 0.29) is 11.1 Å². The average molecular weight is 191 g/mol.